The summed E-state index contributed by atoms with van der Waals surface area (Å²) >= 11 is 0. The lowest BCUT2D eigenvalue weighted by Crippen LogP contribution is -2.43. The molecule has 134 valence electrons. The summed E-state index contributed by atoms with van der Waals surface area (Å²) in [6, 6.07) is 13.2. The topological polar surface area (TPSA) is 58.6 Å². The first-order chi connectivity index (χ1) is 11.9. The van der Waals surface area contributed by atoms with Crippen molar-refractivity contribution >= 4 is 21.4 Å². The highest BCUT2D eigenvalue weighted by Gasteiger charge is 2.20. The lowest BCUT2D eigenvalue weighted by molar-refractivity contribution is 0.0989. The van der Waals surface area contributed by atoms with E-state index >= 15 is 0 Å². The molecular weight excluding hydrogens is 336 g/mol. The van der Waals surface area contributed by atoms with Crippen molar-refractivity contribution in [2.24, 2.45) is 0 Å². The van der Waals surface area contributed by atoms with Crippen LogP contribution < -0.4 is 9.62 Å². The summed E-state index contributed by atoms with van der Waals surface area (Å²) in [6.07, 6.45) is 0. The minimum Gasteiger partial charge on any atom is -0.377 e. The molecule has 1 aliphatic rings. The molecule has 2 aromatic rings. The van der Waals surface area contributed by atoms with E-state index in [1.807, 2.05) is 31.2 Å². The summed E-state index contributed by atoms with van der Waals surface area (Å²) in [7, 11) is -3.60. The molecule has 6 heteroatoms. The van der Waals surface area contributed by atoms with E-state index in [0.29, 0.717) is 29.8 Å². The number of hydrogen-bond donors (Lipinski definition) is 1. The molecule has 1 N–H and O–H groups in total. The number of nitrogens with zero attached hydrogens (tertiary/aromatic N) is 1. The van der Waals surface area contributed by atoms with Crippen LogP contribution >= 0.6 is 0 Å². The van der Waals surface area contributed by atoms with Gasteiger partial charge in [-0.1, -0.05) is 12.1 Å². The van der Waals surface area contributed by atoms with Gasteiger partial charge in [-0.25, -0.2) is 8.42 Å². The van der Waals surface area contributed by atoms with E-state index < -0.39 is 10.0 Å². The Morgan fingerprint density at radius 2 is 1.84 bits per heavy atom. The Morgan fingerprint density at radius 1 is 1.12 bits per heavy atom. The van der Waals surface area contributed by atoms with Crippen molar-refractivity contribution < 1.29 is 13.2 Å². The van der Waals surface area contributed by atoms with E-state index in [1.165, 1.54) is 0 Å². The molecule has 3 rings (SSSR count). The van der Waals surface area contributed by atoms with E-state index in [0.717, 1.165) is 23.4 Å². The number of hydrogen-bond acceptors (Lipinski definition) is 4. The zero-order valence-electron chi connectivity index (χ0n) is 14.8. The molecule has 0 spiro atoms. The fourth-order valence-corrected chi connectivity index (χ4v) is 4.43. The van der Waals surface area contributed by atoms with Crippen molar-refractivity contribution in [1.29, 1.82) is 0 Å². The van der Waals surface area contributed by atoms with Gasteiger partial charge in [0.15, 0.2) is 0 Å². The quantitative estimate of drug-likeness (QED) is 0.909. The van der Waals surface area contributed by atoms with Crippen LogP contribution in [0.3, 0.4) is 0 Å². The van der Waals surface area contributed by atoms with Gasteiger partial charge in [-0.15, -0.1) is 0 Å². The largest absolute Gasteiger partial charge is 0.377 e. The van der Waals surface area contributed by atoms with Crippen LogP contribution in [-0.2, 0) is 14.8 Å². The van der Waals surface area contributed by atoms with Crippen LogP contribution in [0.2, 0.25) is 0 Å². The van der Waals surface area contributed by atoms with E-state index in [1.54, 1.807) is 25.1 Å². The molecule has 0 amide bonds. The lowest BCUT2D eigenvalue weighted by Gasteiger charge is -2.35. The van der Waals surface area contributed by atoms with Crippen LogP contribution in [-0.4, -0.2) is 34.2 Å². The van der Waals surface area contributed by atoms with Crippen LogP contribution in [0.4, 0.5) is 11.4 Å². The van der Waals surface area contributed by atoms with E-state index in [4.69, 9.17) is 4.74 Å². The highest BCUT2D eigenvalue weighted by molar-refractivity contribution is 7.92. The molecule has 1 saturated heterocycles. The average molecular weight is 360 g/mol. The maximum absolute atomic E-state index is 12.7. The third-order valence-electron chi connectivity index (χ3n) is 4.45. The molecule has 2 aromatic carbocycles. The first-order valence-corrected chi connectivity index (χ1v) is 9.90. The Labute approximate surface area is 149 Å². The van der Waals surface area contributed by atoms with Gasteiger partial charge in [-0.05, 0) is 62.2 Å². The summed E-state index contributed by atoms with van der Waals surface area (Å²) in [4.78, 5) is 2.59. The van der Waals surface area contributed by atoms with Gasteiger partial charge in [-0.3, -0.25) is 4.72 Å². The first kappa shape index (κ1) is 17.8. The first-order valence-electron chi connectivity index (χ1n) is 8.41. The Bertz CT molecular complexity index is 847. The summed E-state index contributed by atoms with van der Waals surface area (Å²) < 4.78 is 33.5. The predicted octanol–water partition coefficient (Wildman–Crippen LogP) is 3.33. The summed E-state index contributed by atoms with van der Waals surface area (Å²) in [5.41, 5.74) is 3.29. The molecule has 0 aliphatic carbocycles. The smallest absolute Gasteiger partial charge is 0.262 e. The van der Waals surface area contributed by atoms with Gasteiger partial charge in [0.25, 0.3) is 10.0 Å². The molecule has 0 saturated carbocycles. The number of rotatable bonds is 4. The molecule has 0 bridgehead atoms. The zero-order chi connectivity index (χ0) is 18.0. The van der Waals surface area contributed by atoms with E-state index in [2.05, 4.69) is 16.5 Å². The van der Waals surface area contributed by atoms with Gasteiger partial charge in [0.2, 0.25) is 0 Å². The second-order valence-corrected chi connectivity index (χ2v) is 8.19. The van der Waals surface area contributed by atoms with Crippen molar-refractivity contribution in [3.8, 4) is 0 Å². The third kappa shape index (κ3) is 3.96. The zero-order valence-corrected chi connectivity index (χ0v) is 15.6. The van der Waals surface area contributed by atoms with Crippen LogP contribution in [0.15, 0.2) is 47.4 Å². The SMILES string of the molecule is Cc1ccc(C)c(S(=O)(=O)Nc2ccc(N3CCOCC3C)cc2)c1. The van der Waals surface area contributed by atoms with E-state index in [-0.39, 0.29) is 0 Å². The predicted molar refractivity (Wildman–Crippen MR) is 101 cm³/mol. The second kappa shape index (κ2) is 7.06. The van der Waals surface area contributed by atoms with Crippen LogP contribution in [0.1, 0.15) is 18.1 Å². The van der Waals surface area contributed by atoms with Gasteiger partial charge in [0, 0.05) is 24.0 Å². The molecule has 1 aliphatic heterocycles. The van der Waals surface area contributed by atoms with Gasteiger partial charge in [0.05, 0.1) is 18.1 Å². The van der Waals surface area contributed by atoms with Gasteiger partial charge >= 0.3 is 0 Å². The van der Waals surface area contributed by atoms with Crippen molar-refractivity contribution in [2.75, 3.05) is 29.4 Å². The average Bonchev–Trinajstić information content (AvgIpc) is 2.58. The standard InChI is InChI=1S/C19H24N2O3S/c1-14-4-5-15(2)19(12-14)25(22,23)20-17-6-8-18(9-7-17)21-10-11-24-13-16(21)3/h4-9,12,16,20H,10-11,13H2,1-3H3. The van der Waals surface area contributed by atoms with Crippen molar-refractivity contribution in [3.05, 3.63) is 53.6 Å². The van der Waals surface area contributed by atoms with Crippen LogP contribution in [0.25, 0.3) is 0 Å². The summed E-state index contributed by atoms with van der Waals surface area (Å²) in [5.74, 6) is 0. The van der Waals surface area contributed by atoms with Crippen molar-refractivity contribution in [1.82, 2.24) is 0 Å². The number of ether oxygens (including phenoxy) is 1. The monoisotopic (exact) mass is 360 g/mol. The molecule has 1 fully saturated rings. The van der Waals surface area contributed by atoms with Gasteiger partial charge in [0.1, 0.15) is 0 Å². The number of nitrogens with one attached hydrogen (secondary N) is 1. The van der Waals surface area contributed by atoms with Crippen molar-refractivity contribution in [3.63, 3.8) is 0 Å². The number of sulfonamides is 1. The number of anilines is 2. The molecule has 5 nitrogen and oxygen atoms in total. The Kier molecular flexibility index (Phi) is 5.01. The van der Waals surface area contributed by atoms with Gasteiger partial charge < -0.3 is 9.64 Å². The van der Waals surface area contributed by atoms with Crippen LogP contribution in [0, 0.1) is 13.8 Å². The fraction of sp³-hybridized carbons (Fsp3) is 0.368. The normalized spacial score (nSPS) is 18.2. The maximum atomic E-state index is 12.7. The molecule has 0 radical (unpaired) electrons. The molecule has 1 heterocycles. The molecule has 0 aromatic heterocycles. The third-order valence-corrected chi connectivity index (χ3v) is 5.98. The Morgan fingerprint density at radius 3 is 2.52 bits per heavy atom. The Balaban J connectivity index is 1.80. The lowest BCUT2D eigenvalue weighted by atomic mass is 10.2. The summed E-state index contributed by atoms with van der Waals surface area (Å²) in [5, 5.41) is 0. The minimum absolute atomic E-state index is 0.311. The van der Waals surface area contributed by atoms with Crippen molar-refractivity contribution in [2.45, 2.75) is 31.7 Å². The fourth-order valence-electron chi connectivity index (χ4n) is 3.04. The van der Waals surface area contributed by atoms with E-state index in [9.17, 15) is 8.42 Å². The molecule has 25 heavy (non-hydrogen) atoms. The highest BCUT2D eigenvalue weighted by atomic mass is 32.2. The number of morpholine rings is 1. The molecule has 1 unspecified atom stereocenters. The highest BCUT2D eigenvalue weighted by Crippen LogP contribution is 2.24. The van der Waals surface area contributed by atoms with Gasteiger partial charge in [-0.2, -0.15) is 0 Å². The molecular formula is C19H24N2O3S. The maximum Gasteiger partial charge on any atom is 0.262 e. The number of aryl methyl sites for hydroxylation is 2. The number of benzene rings is 2. The minimum atomic E-state index is -3.60. The second-order valence-electron chi connectivity index (χ2n) is 6.54. The van der Waals surface area contributed by atoms with Crippen LogP contribution in [0.5, 0.6) is 0 Å². The Hall–Kier alpha value is -2.05. The molecule has 1 atom stereocenters. The summed E-state index contributed by atoms with van der Waals surface area (Å²) in [6.45, 7) is 8.07.